The highest BCUT2D eigenvalue weighted by atomic mass is 32.2. The van der Waals surface area contributed by atoms with Gasteiger partial charge in [0.25, 0.3) is 5.91 Å². The van der Waals surface area contributed by atoms with Gasteiger partial charge in [-0.1, -0.05) is 31.3 Å². The third-order valence-electron chi connectivity index (χ3n) is 4.98. The zero-order valence-corrected chi connectivity index (χ0v) is 20.7. The Hall–Kier alpha value is -2.84. The van der Waals surface area contributed by atoms with Crippen molar-refractivity contribution in [3.63, 3.8) is 0 Å². The fourth-order valence-corrected chi connectivity index (χ4v) is 5.36. The summed E-state index contributed by atoms with van der Waals surface area (Å²) in [4.78, 5) is 25.5. The van der Waals surface area contributed by atoms with Crippen LogP contribution >= 0.6 is 23.1 Å². The molecule has 4 rings (SSSR count). The molecule has 172 valence electrons. The highest BCUT2D eigenvalue weighted by Crippen LogP contribution is 2.35. The number of hydrogen-bond acceptors (Lipinski definition) is 6. The number of fused-ring (bicyclic) bond motifs is 1. The SMILES string of the molecule is CCOc1cccc2sc(N(CCCn3ccnc3)C(=O)c3ccc(SC(C)C)cc3)nc12. The van der Waals surface area contributed by atoms with Crippen LogP contribution in [0.1, 0.15) is 37.6 Å². The number of rotatable bonds is 10. The minimum absolute atomic E-state index is 0.0428. The van der Waals surface area contributed by atoms with E-state index < -0.39 is 0 Å². The predicted molar refractivity (Wildman–Crippen MR) is 137 cm³/mol. The topological polar surface area (TPSA) is 60.2 Å². The van der Waals surface area contributed by atoms with Gasteiger partial charge in [-0.25, -0.2) is 9.97 Å². The summed E-state index contributed by atoms with van der Waals surface area (Å²) >= 11 is 3.31. The number of benzene rings is 2. The van der Waals surface area contributed by atoms with E-state index in [9.17, 15) is 4.79 Å². The molecule has 33 heavy (non-hydrogen) atoms. The fraction of sp³-hybridized carbons (Fsp3) is 0.320. The Morgan fingerprint density at radius 1 is 1.21 bits per heavy atom. The molecule has 0 aliphatic heterocycles. The Morgan fingerprint density at radius 3 is 2.73 bits per heavy atom. The zero-order valence-electron chi connectivity index (χ0n) is 19.1. The number of carbonyl (C=O) groups excluding carboxylic acids is 1. The molecule has 0 unspecified atom stereocenters. The first-order valence-electron chi connectivity index (χ1n) is 11.1. The molecule has 2 heterocycles. The van der Waals surface area contributed by atoms with Crippen LogP contribution < -0.4 is 9.64 Å². The van der Waals surface area contributed by atoms with Gasteiger partial charge < -0.3 is 9.30 Å². The molecular formula is C25H28N4O2S2. The number of carbonyl (C=O) groups is 1. The summed E-state index contributed by atoms with van der Waals surface area (Å²) in [6.45, 7) is 8.19. The van der Waals surface area contributed by atoms with Crippen LogP contribution in [0.5, 0.6) is 5.75 Å². The van der Waals surface area contributed by atoms with Crippen molar-refractivity contribution in [1.82, 2.24) is 14.5 Å². The van der Waals surface area contributed by atoms with Crippen LogP contribution in [-0.4, -0.2) is 38.8 Å². The molecule has 0 fully saturated rings. The highest BCUT2D eigenvalue weighted by Gasteiger charge is 2.22. The van der Waals surface area contributed by atoms with E-state index in [0.717, 1.165) is 33.8 Å². The second kappa shape index (κ2) is 10.9. The van der Waals surface area contributed by atoms with Crippen LogP contribution in [0.3, 0.4) is 0 Å². The second-order valence-electron chi connectivity index (χ2n) is 7.83. The molecule has 0 bridgehead atoms. The van der Waals surface area contributed by atoms with Gasteiger partial charge in [0.15, 0.2) is 5.13 Å². The number of aromatic nitrogens is 3. The summed E-state index contributed by atoms with van der Waals surface area (Å²) in [6.07, 6.45) is 6.28. The minimum atomic E-state index is -0.0428. The van der Waals surface area contributed by atoms with E-state index >= 15 is 0 Å². The number of nitrogens with zero attached hydrogens (tertiary/aromatic N) is 4. The molecule has 0 radical (unpaired) electrons. The number of imidazole rings is 1. The van der Waals surface area contributed by atoms with Crippen molar-refractivity contribution in [2.24, 2.45) is 0 Å². The van der Waals surface area contributed by atoms with Crippen molar-refractivity contribution in [2.45, 2.75) is 43.9 Å². The number of thioether (sulfide) groups is 1. The molecule has 0 aliphatic carbocycles. The van der Waals surface area contributed by atoms with Crippen LogP contribution in [0.4, 0.5) is 5.13 Å². The zero-order chi connectivity index (χ0) is 23.2. The van der Waals surface area contributed by atoms with E-state index in [4.69, 9.17) is 9.72 Å². The lowest BCUT2D eigenvalue weighted by Gasteiger charge is -2.20. The van der Waals surface area contributed by atoms with Crippen LogP contribution in [0.15, 0.2) is 66.1 Å². The highest BCUT2D eigenvalue weighted by molar-refractivity contribution is 7.99. The maximum absolute atomic E-state index is 13.6. The van der Waals surface area contributed by atoms with Gasteiger partial charge in [-0.3, -0.25) is 9.69 Å². The van der Waals surface area contributed by atoms with Crippen molar-refractivity contribution in [2.75, 3.05) is 18.1 Å². The second-order valence-corrected chi connectivity index (χ2v) is 10.5. The van der Waals surface area contributed by atoms with E-state index in [1.165, 1.54) is 11.3 Å². The smallest absolute Gasteiger partial charge is 0.260 e. The van der Waals surface area contributed by atoms with Gasteiger partial charge in [0.1, 0.15) is 11.3 Å². The van der Waals surface area contributed by atoms with Crippen molar-refractivity contribution in [1.29, 1.82) is 0 Å². The molecule has 0 spiro atoms. The molecule has 0 aliphatic rings. The Labute approximate surface area is 202 Å². The van der Waals surface area contributed by atoms with Crippen LogP contribution in [-0.2, 0) is 6.54 Å². The lowest BCUT2D eigenvalue weighted by atomic mass is 10.2. The summed E-state index contributed by atoms with van der Waals surface area (Å²) in [5, 5.41) is 1.18. The molecule has 1 amide bonds. The van der Waals surface area contributed by atoms with Crippen molar-refractivity contribution in [3.05, 3.63) is 66.7 Å². The lowest BCUT2D eigenvalue weighted by molar-refractivity contribution is 0.0986. The molecule has 8 heteroatoms. The number of para-hydroxylation sites is 1. The Morgan fingerprint density at radius 2 is 2.03 bits per heavy atom. The summed E-state index contributed by atoms with van der Waals surface area (Å²) in [5.74, 6) is 0.706. The first-order chi connectivity index (χ1) is 16.0. The first-order valence-corrected chi connectivity index (χ1v) is 12.8. The Kier molecular flexibility index (Phi) is 7.67. The average molecular weight is 481 g/mol. The summed E-state index contributed by atoms with van der Waals surface area (Å²) in [6, 6.07) is 13.8. The minimum Gasteiger partial charge on any atom is -0.492 e. The normalized spacial score (nSPS) is 11.3. The van der Waals surface area contributed by atoms with Crippen LogP contribution in [0.2, 0.25) is 0 Å². The molecule has 0 N–H and O–H groups in total. The van der Waals surface area contributed by atoms with Gasteiger partial charge in [-0.2, -0.15) is 0 Å². The Balaban J connectivity index is 1.62. The van der Waals surface area contributed by atoms with Crippen molar-refractivity contribution < 1.29 is 9.53 Å². The van der Waals surface area contributed by atoms with E-state index in [0.29, 0.717) is 29.1 Å². The van der Waals surface area contributed by atoms with Crippen LogP contribution in [0, 0.1) is 0 Å². The van der Waals surface area contributed by atoms with E-state index in [1.54, 1.807) is 29.2 Å². The molecule has 2 aromatic carbocycles. The average Bonchev–Trinajstić information content (AvgIpc) is 3.47. The number of hydrogen-bond donors (Lipinski definition) is 0. The fourth-order valence-electron chi connectivity index (χ4n) is 3.52. The van der Waals surface area contributed by atoms with Gasteiger partial charge in [0.2, 0.25) is 0 Å². The third-order valence-corrected chi connectivity index (χ3v) is 7.04. The number of amides is 1. The van der Waals surface area contributed by atoms with Gasteiger partial charge in [0.05, 0.1) is 17.6 Å². The Bertz CT molecular complexity index is 1190. The van der Waals surface area contributed by atoms with E-state index in [2.05, 4.69) is 18.8 Å². The van der Waals surface area contributed by atoms with Gasteiger partial charge in [-0.15, -0.1) is 11.8 Å². The lowest BCUT2D eigenvalue weighted by Crippen LogP contribution is -2.32. The molecule has 6 nitrogen and oxygen atoms in total. The number of ether oxygens (including phenoxy) is 1. The standard InChI is InChI=1S/C25H28N4O2S2/c1-4-31-21-7-5-8-22-23(21)27-25(33-22)29(15-6-14-28-16-13-26-17-28)24(30)19-9-11-20(12-10-19)32-18(2)3/h5,7-13,16-18H,4,6,14-15H2,1-3H3. The van der Waals surface area contributed by atoms with Crippen molar-refractivity contribution >= 4 is 44.4 Å². The maximum Gasteiger partial charge on any atom is 0.260 e. The molecular weight excluding hydrogens is 452 g/mol. The molecule has 0 saturated heterocycles. The largest absolute Gasteiger partial charge is 0.492 e. The van der Waals surface area contributed by atoms with Gasteiger partial charge in [0, 0.05) is 41.2 Å². The van der Waals surface area contributed by atoms with Crippen LogP contribution in [0.25, 0.3) is 10.2 Å². The number of aryl methyl sites for hydroxylation is 1. The summed E-state index contributed by atoms with van der Waals surface area (Å²) < 4.78 is 8.79. The summed E-state index contributed by atoms with van der Waals surface area (Å²) in [7, 11) is 0. The summed E-state index contributed by atoms with van der Waals surface area (Å²) in [5.41, 5.74) is 1.46. The third kappa shape index (κ3) is 5.75. The quantitative estimate of drug-likeness (QED) is 0.256. The molecule has 2 aromatic heterocycles. The molecule has 0 saturated carbocycles. The maximum atomic E-state index is 13.6. The van der Waals surface area contributed by atoms with Gasteiger partial charge in [-0.05, 0) is 49.7 Å². The first kappa shape index (κ1) is 23.3. The van der Waals surface area contributed by atoms with E-state index in [1.807, 2.05) is 60.2 Å². The van der Waals surface area contributed by atoms with Gasteiger partial charge >= 0.3 is 0 Å². The number of thiazole rings is 1. The monoisotopic (exact) mass is 480 g/mol. The molecule has 4 aromatic rings. The van der Waals surface area contributed by atoms with E-state index in [-0.39, 0.29) is 5.91 Å². The number of anilines is 1. The molecule has 0 atom stereocenters. The van der Waals surface area contributed by atoms with Crippen molar-refractivity contribution in [3.8, 4) is 5.75 Å². The predicted octanol–water partition coefficient (Wildman–Crippen LogP) is 6.13.